The van der Waals surface area contributed by atoms with Gasteiger partial charge in [0, 0.05) is 37.0 Å². The van der Waals surface area contributed by atoms with Crippen LogP contribution in [0, 0.1) is 30.6 Å². The van der Waals surface area contributed by atoms with Gasteiger partial charge in [-0.2, -0.15) is 5.01 Å². The van der Waals surface area contributed by atoms with E-state index >= 15 is 9.59 Å². The first-order valence-corrected chi connectivity index (χ1v) is 20.6. The van der Waals surface area contributed by atoms with Gasteiger partial charge in [0.2, 0.25) is 11.8 Å². The molecule has 4 fully saturated rings. The second-order valence-corrected chi connectivity index (χ2v) is 16.9. The maximum Gasteiger partial charge on any atom is 0.260 e. The highest BCUT2D eigenvalue weighted by atomic mass is 16.3. The molecular formula is C49H46N4O5. The molecule has 5 aliphatic rings. The molecule has 0 aromatic heterocycles. The highest BCUT2D eigenvalue weighted by Crippen LogP contribution is 2.65. The molecule has 6 atom stereocenters. The molecule has 3 heterocycles. The number of amides is 4. The summed E-state index contributed by atoms with van der Waals surface area (Å²) >= 11 is 0. The standard InChI is InChI=1S/C49H46N4O5/c1-30-16-18-33(19-17-30)50-53-46(56)41-28-40-38(20-21-39-43(40)47(57)52(45(39)55)34-24-26-51(27-25-34)29-31-10-4-2-5-11-31)44(49(41,48(53)58)32-12-6-3-7-13-32)37-22-23-42(54)36-15-9-8-14-35(36)37/h2-20,22-23,34,39-41,43-44,50,54H,21,24-29H2,1H3/t39-,40+,41-,43-,44-,49+/m0/s1. The lowest BCUT2D eigenvalue weighted by Gasteiger charge is -2.51. The van der Waals surface area contributed by atoms with E-state index in [0.717, 1.165) is 41.7 Å². The minimum absolute atomic E-state index is 0.116. The maximum atomic E-state index is 15.6. The number of allylic oxidation sites excluding steroid dienone is 2. The summed E-state index contributed by atoms with van der Waals surface area (Å²) in [5.41, 5.74) is 7.13. The first kappa shape index (κ1) is 36.3. The van der Waals surface area contributed by atoms with Crippen molar-refractivity contribution in [2.24, 2.45) is 23.7 Å². The van der Waals surface area contributed by atoms with Crippen molar-refractivity contribution in [1.29, 1.82) is 0 Å². The quantitative estimate of drug-likeness (QED) is 0.130. The van der Waals surface area contributed by atoms with E-state index in [9.17, 15) is 14.7 Å². The number of hydrogen-bond acceptors (Lipinski definition) is 7. The first-order chi connectivity index (χ1) is 28.3. The summed E-state index contributed by atoms with van der Waals surface area (Å²) in [6.07, 6.45) is 4.16. The predicted octanol–water partition coefficient (Wildman–Crippen LogP) is 7.50. The van der Waals surface area contributed by atoms with E-state index in [0.29, 0.717) is 35.9 Å². The zero-order valence-corrected chi connectivity index (χ0v) is 32.5. The van der Waals surface area contributed by atoms with Crippen molar-refractivity contribution >= 4 is 40.1 Å². The molecule has 0 unspecified atom stereocenters. The number of phenols is 1. The number of benzene rings is 5. The lowest BCUT2D eigenvalue weighted by Crippen LogP contribution is -2.53. The molecule has 10 rings (SSSR count). The first-order valence-electron chi connectivity index (χ1n) is 20.6. The fourth-order valence-corrected chi connectivity index (χ4v) is 11.2. The van der Waals surface area contributed by atoms with Gasteiger partial charge in [0.05, 0.1) is 28.9 Å². The number of nitrogens with zero attached hydrogens (tertiary/aromatic N) is 3. The van der Waals surface area contributed by atoms with E-state index in [1.807, 2.05) is 110 Å². The fourth-order valence-electron chi connectivity index (χ4n) is 11.2. The molecule has 2 aliphatic carbocycles. The smallest absolute Gasteiger partial charge is 0.260 e. The van der Waals surface area contributed by atoms with Crippen LogP contribution in [-0.4, -0.2) is 62.7 Å². The molecule has 2 N–H and O–H groups in total. The van der Waals surface area contributed by atoms with Crippen molar-refractivity contribution in [3.05, 3.63) is 155 Å². The number of piperidine rings is 1. The third-order valence-electron chi connectivity index (χ3n) is 13.8. The number of carbonyl (C=O) groups is 4. The molecule has 0 spiro atoms. The van der Waals surface area contributed by atoms with Crippen LogP contribution in [0.3, 0.4) is 0 Å². The molecule has 0 bridgehead atoms. The van der Waals surface area contributed by atoms with Crippen molar-refractivity contribution in [2.45, 2.75) is 56.5 Å². The Kier molecular flexibility index (Phi) is 8.82. The maximum absolute atomic E-state index is 15.6. The number of anilines is 1. The van der Waals surface area contributed by atoms with Crippen LogP contribution >= 0.6 is 0 Å². The lowest BCUT2D eigenvalue weighted by molar-refractivity contribution is -0.144. The van der Waals surface area contributed by atoms with Gasteiger partial charge in [-0.3, -0.25) is 34.4 Å². The van der Waals surface area contributed by atoms with Crippen molar-refractivity contribution in [1.82, 2.24) is 14.8 Å². The number of fused-ring (bicyclic) bond motifs is 5. The van der Waals surface area contributed by atoms with E-state index < -0.39 is 35.0 Å². The van der Waals surface area contributed by atoms with E-state index in [1.54, 1.807) is 11.0 Å². The lowest BCUT2D eigenvalue weighted by atomic mass is 9.49. The number of imide groups is 2. The number of hydrogen-bond donors (Lipinski definition) is 2. The fraction of sp³-hybridized carbons (Fsp3) is 0.306. The zero-order chi connectivity index (χ0) is 39.7. The minimum atomic E-state index is -1.39. The van der Waals surface area contributed by atoms with Gasteiger partial charge in [-0.1, -0.05) is 120 Å². The topological polar surface area (TPSA) is 110 Å². The van der Waals surface area contributed by atoms with Crippen LogP contribution in [0.1, 0.15) is 53.9 Å². The second-order valence-electron chi connectivity index (χ2n) is 16.9. The Hall–Kier alpha value is -6.06. The summed E-state index contributed by atoms with van der Waals surface area (Å²) in [5, 5.41) is 13.7. The molecular weight excluding hydrogens is 725 g/mol. The minimum Gasteiger partial charge on any atom is -0.507 e. The Bertz CT molecular complexity index is 2480. The number of nitrogens with one attached hydrogen (secondary N) is 1. The molecule has 9 heteroatoms. The molecule has 58 heavy (non-hydrogen) atoms. The largest absolute Gasteiger partial charge is 0.507 e. The Morgan fingerprint density at radius 3 is 2.12 bits per heavy atom. The molecule has 292 valence electrons. The van der Waals surface area contributed by atoms with Crippen LogP contribution in [0.4, 0.5) is 5.69 Å². The summed E-state index contributed by atoms with van der Waals surface area (Å²) in [6, 6.07) is 38.5. The molecule has 9 nitrogen and oxygen atoms in total. The van der Waals surface area contributed by atoms with Crippen LogP contribution in [0.2, 0.25) is 0 Å². The number of phenolic OH excluding ortho intramolecular Hbond substituents is 1. The Balaban J connectivity index is 1.07. The van der Waals surface area contributed by atoms with E-state index in [-0.39, 0.29) is 41.8 Å². The van der Waals surface area contributed by atoms with Crippen LogP contribution in [0.25, 0.3) is 10.8 Å². The van der Waals surface area contributed by atoms with Gasteiger partial charge >= 0.3 is 0 Å². The predicted molar refractivity (Wildman–Crippen MR) is 221 cm³/mol. The number of aromatic hydroxyl groups is 1. The van der Waals surface area contributed by atoms with Crippen LogP contribution in [0.15, 0.2) is 133 Å². The highest BCUT2D eigenvalue weighted by Gasteiger charge is 2.70. The third-order valence-corrected chi connectivity index (χ3v) is 13.8. The van der Waals surface area contributed by atoms with E-state index in [2.05, 4.69) is 28.5 Å². The van der Waals surface area contributed by atoms with Crippen molar-refractivity contribution in [3.63, 3.8) is 0 Å². The van der Waals surface area contributed by atoms with Gasteiger partial charge in [-0.15, -0.1) is 0 Å². The number of likely N-dealkylation sites (tertiary alicyclic amines) is 2. The summed E-state index contributed by atoms with van der Waals surface area (Å²) in [7, 11) is 0. The molecule has 3 saturated heterocycles. The number of hydrazine groups is 1. The molecule has 4 amide bonds. The zero-order valence-electron chi connectivity index (χ0n) is 32.5. The molecule has 0 radical (unpaired) electrons. The van der Waals surface area contributed by atoms with E-state index in [1.165, 1.54) is 10.6 Å². The average Bonchev–Trinajstić information content (AvgIpc) is 3.63. The SMILES string of the molecule is Cc1ccc(NN2C(=O)[C@@H]3C[C@@H]4C(=CC[C@@H]5C(=O)N(C6CCN(Cc7ccccc7)CC6)C(=O)[C@@H]54)[C@H](c4ccc(O)c5ccccc45)[C@]3(c3ccccc3)C2=O)cc1. The third kappa shape index (κ3) is 5.54. The van der Waals surface area contributed by atoms with Gasteiger partial charge in [0.15, 0.2) is 0 Å². The molecule has 5 aromatic rings. The van der Waals surface area contributed by atoms with Crippen molar-refractivity contribution in [3.8, 4) is 5.75 Å². The summed E-state index contributed by atoms with van der Waals surface area (Å²) < 4.78 is 0. The normalized spacial score (nSPS) is 27.4. The van der Waals surface area contributed by atoms with Crippen molar-refractivity contribution < 1.29 is 24.3 Å². The van der Waals surface area contributed by atoms with Gasteiger partial charge in [-0.25, -0.2) is 0 Å². The Morgan fingerprint density at radius 2 is 1.40 bits per heavy atom. The number of aryl methyl sites for hydroxylation is 1. The second kappa shape index (κ2) is 14.1. The molecule has 1 saturated carbocycles. The Morgan fingerprint density at radius 1 is 0.724 bits per heavy atom. The van der Waals surface area contributed by atoms with Crippen LogP contribution in [-0.2, 0) is 31.1 Å². The summed E-state index contributed by atoms with van der Waals surface area (Å²) in [6.45, 7) is 4.39. The summed E-state index contributed by atoms with van der Waals surface area (Å²) in [4.78, 5) is 64.1. The van der Waals surface area contributed by atoms with Gasteiger partial charge in [0.1, 0.15) is 5.75 Å². The van der Waals surface area contributed by atoms with Gasteiger partial charge < -0.3 is 5.11 Å². The highest BCUT2D eigenvalue weighted by molar-refractivity contribution is 6.13. The number of carbonyl (C=O) groups excluding carboxylic acids is 4. The van der Waals surface area contributed by atoms with Gasteiger partial charge in [-0.05, 0) is 78.8 Å². The molecule has 3 aliphatic heterocycles. The summed E-state index contributed by atoms with van der Waals surface area (Å²) in [5.74, 6) is -4.02. The van der Waals surface area contributed by atoms with Crippen LogP contribution in [0.5, 0.6) is 5.75 Å². The Labute approximate surface area is 337 Å². The van der Waals surface area contributed by atoms with Gasteiger partial charge in [0.25, 0.3) is 11.8 Å². The number of rotatable bonds is 7. The average molecular weight is 771 g/mol. The monoisotopic (exact) mass is 770 g/mol. The van der Waals surface area contributed by atoms with Crippen LogP contribution < -0.4 is 5.43 Å². The van der Waals surface area contributed by atoms with Crippen molar-refractivity contribution in [2.75, 3.05) is 18.5 Å². The van der Waals surface area contributed by atoms with E-state index in [4.69, 9.17) is 0 Å². The molecule has 5 aromatic carbocycles.